The first-order valence-corrected chi connectivity index (χ1v) is 7.15. The first-order chi connectivity index (χ1) is 9.88. The zero-order chi connectivity index (χ0) is 15.6. The molecule has 2 unspecified atom stereocenters. The van der Waals surface area contributed by atoms with E-state index in [-0.39, 0.29) is 5.91 Å². The average molecular weight is 287 g/mol. The second-order valence-corrected chi connectivity index (χ2v) is 5.90. The third-order valence-electron chi connectivity index (χ3n) is 4.06. The van der Waals surface area contributed by atoms with Gasteiger partial charge in [-0.1, -0.05) is 13.0 Å². The maximum absolute atomic E-state index is 12.4. The molecule has 0 bridgehead atoms. The van der Waals surface area contributed by atoms with Crippen molar-refractivity contribution in [1.29, 1.82) is 0 Å². The largest absolute Gasteiger partial charge is 0.478 e. The number of carbonyl (C=O) groups is 2. The van der Waals surface area contributed by atoms with Crippen LogP contribution in [0.3, 0.4) is 0 Å². The highest BCUT2D eigenvalue weighted by Crippen LogP contribution is 2.38. The van der Waals surface area contributed by atoms with Crippen LogP contribution in [0.5, 0.6) is 0 Å². The molecule has 1 aliphatic rings. The molecule has 0 radical (unpaired) electrons. The zero-order valence-electron chi connectivity index (χ0n) is 12.7. The summed E-state index contributed by atoms with van der Waals surface area (Å²) in [6, 6.07) is 5.40. The van der Waals surface area contributed by atoms with Crippen LogP contribution in [0.2, 0.25) is 0 Å². The number of carboxylic acid groups (broad SMARTS) is 1. The van der Waals surface area contributed by atoms with E-state index >= 15 is 0 Å². The number of amides is 1. The Morgan fingerprint density at radius 2 is 2.10 bits per heavy atom. The van der Waals surface area contributed by atoms with Gasteiger partial charge in [0, 0.05) is 25.2 Å². The normalized spacial score (nSPS) is 20.5. The summed E-state index contributed by atoms with van der Waals surface area (Å²) in [5.74, 6) is 0.327. The van der Waals surface area contributed by atoms with Crippen LogP contribution in [0.4, 0.5) is 0 Å². The minimum Gasteiger partial charge on any atom is -0.478 e. The van der Waals surface area contributed by atoms with Gasteiger partial charge in [0.1, 0.15) is 0 Å². The van der Waals surface area contributed by atoms with Crippen molar-refractivity contribution in [3.63, 3.8) is 0 Å². The van der Waals surface area contributed by atoms with Crippen molar-refractivity contribution in [2.75, 3.05) is 13.6 Å². The number of aliphatic carboxylic acids is 1. The van der Waals surface area contributed by atoms with Crippen LogP contribution in [0.25, 0.3) is 6.08 Å². The molecule has 21 heavy (non-hydrogen) atoms. The van der Waals surface area contributed by atoms with Gasteiger partial charge in [0.15, 0.2) is 0 Å². The molecule has 112 valence electrons. The van der Waals surface area contributed by atoms with Gasteiger partial charge in [0.2, 0.25) is 0 Å². The maximum Gasteiger partial charge on any atom is 0.328 e. The standard InChI is InChI=1S/C17H21NO3/c1-11-4-5-14(9-13(11)6-7-16(19)20)17(21)18(3)10-15-8-12(15)2/h4-7,9,12,15H,8,10H2,1-3H3,(H,19,20)/b7-6+. The molecule has 1 N–H and O–H groups in total. The van der Waals surface area contributed by atoms with Crippen LogP contribution in [0.15, 0.2) is 24.3 Å². The van der Waals surface area contributed by atoms with Crippen LogP contribution in [-0.2, 0) is 4.79 Å². The van der Waals surface area contributed by atoms with E-state index in [1.807, 2.05) is 20.0 Å². The summed E-state index contributed by atoms with van der Waals surface area (Å²) in [5.41, 5.74) is 2.31. The number of hydrogen-bond acceptors (Lipinski definition) is 2. The van der Waals surface area contributed by atoms with Gasteiger partial charge < -0.3 is 10.0 Å². The Morgan fingerprint density at radius 3 is 2.67 bits per heavy atom. The van der Waals surface area contributed by atoms with Crippen LogP contribution in [-0.4, -0.2) is 35.5 Å². The summed E-state index contributed by atoms with van der Waals surface area (Å²) >= 11 is 0. The maximum atomic E-state index is 12.4. The van der Waals surface area contributed by atoms with E-state index in [0.717, 1.165) is 23.7 Å². The number of rotatable bonds is 5. The van der Waals surface area contributed by atoms with Gasteiger partial charge in [-0.3, -0.25) is 4.79 Å². The highest BCUT2D eigenvalue weighted by molar-refractivity contribution is 5.95. The summed E-state index contributed by atoms with van der Waals surface area (Å²) in [4.78, 5) is 24.8. The molecule has 0 saturated heterocycles. The molecule has 1 aromatic rings. The summed E-state index contributed by atoms with van der Waals surface area (Å²) in [6.07, 6.45) is 3.81. The number of carboxylic acids is 1. The van der Waals surface area contributed by atoms with Crippen molar-refractivity contribution in [2.24, 2.45) is 11.8 Å². The predicted molar refractivity (Wildman–Crippen MR) is 82.1 cm³/mol. The molecular weight excluding hydrogens is 266 g/mol. The molecule has 0 heterocycles. The second-order valence-electron chi connectivity index (χ2n) is 5.90. The van der Waals surface area contributed by atoms with Crippen LogP contribution in [0.1, 0.15) is 34.8 Å². The summed E-state index contributed by atoms with van der Waals surface area (Å²) < 4.78 is 0. The zero-order valence-corrected chi connectivity index (χ0v) is 12.7. The summed E-state index contributed by atoms with van der Waals surface area (Å²) in [6.45, 7) is 4.88. The number of nitrogens with zero attached hydrogens (tertiary/aromatic N) is 1. The molecule has 1 aromatic carbocycles. The quantitative estimate of drug-likeness (QED) is 0.847. The Bertz CT molecular complexity index is 592. The molecule has 4 heteroatoms. The van der Waals surface area contributed by atoms with Crippen molar-refractivity contribution in [2.45, 2.75) is 20.3 Å². The Hall–Kier alpha value is -2.10. The molecule has 1 amide bonds. The fraction of sp³-hybridized carbons (Fsp3) is 0.412. The number of carbonyl (C=O) groups excluding carboxylic acids is 1. The highest BCUT2D eigenvalue weighted by Gasteiger charge is 2.34. The van der Waals surface area contributed by atoms with Gasteiger partial charge in [0.25, 0.3) is 5.91 Å². The van der Waals surface area contributed by atoms with Crippen molar-refractivity contribution >= 4 is 18.0 Å². The molecule has 0 spiro atoms. The molecule has 1 fully saturated rings. The van der Waals surface area contributed by atoms with Crippen molar-refractivity contribution in [1.82, 2.24) is 4.90 Å². The molecule has 1 aliphatic carbocycles. The molecule has 0 aromatic heterocycles. The number of hydrogen-bond donors (Lipinski definition) is 1. The number of aryl methyl sites for hydroxylation is 1. The lowest BCUT2D eigenvalue weighted by Gasteiger charge is -2.17. The van der Waals surface area contributed by atoms with Gasteiger partial charge in [0.05, 0.1) is 0 Å². The van der Waals surface area contributed by atoms with E-state index < -0.39 is 5.97 Å². The van der Waals surface area contributed by atoms with Gasteiger partial charge in [-0.05, 0) is 54.5 Å². The fourth-order valence-electron chi connectivity index (χ4n) is 2.42. The average Bonchev–Trinajstić information content (AvgIpc) is 3.12. The van der Waals surface area contributed by atoms with Crippen molar-refractivity contribution in [3.8, 4) is 0 Å². The van der Waals surface area contributed by atoms with Crippen molar-refractivity contribution < 1.29 is 14.7 Å². The molecule has 4 nitrogen and oxygen atoms in total. The SMILES string of the molecule is Cc1ccc(C(=O)N(C)CC2CC2C)cc1/C=C/C(=O)O. The van der Waals surface area contributed by atoms with E-state index in [0.29, 0.717) is 17.4 Å². The molecule has 1 saturated carbocycles. The van der Waals surface area contributed by atoms with Crippen molar-refractivity contribution in [3.05, 3.63) is 41.0 Å². The first kappa shape index (κ1) is 15.3. The van der Waals surface area contributed by atoms with Crippen LogP contribution < -0.4 is 0 Å². The predicted octanol–water partition coefficient (Wildman–Crippen LogP) is 2.82. The highest BCUT2D eigenvalue weighted by atomic mass is 16.4. The molecule has 2 rings (SSSR count). The fourth-order valence-corrected chi connectivity index (χ4v) is 2.42. The first-order valence-electron chi connectivity index (χ1n) is 7.15. The monoisotopic (exact) mass is 287 g/mol. The Labute approximate surface area is 125 Å². The molecular formula is C17H21NO3. The number of benzene rings is 1. The van der Waals surface area contributed by atoms with E-state index in [9.17, 15) is 9.59 Å². The van der Waals surface area contributed by atoms with Gasteiger partial charge >= 0.3 is 5.97 Å². The van der Waals surface area contributed by atoms with Crippen LogP contribution >= 0.6 is 0 Å². The third-order valence-corrected chi connectivity index (χ3v) is 4.06. The van der Waals surface area contributed by atoms with Gasteiger partial charge in [-0.2, -0.15) is 0 Å². The Kier molecular flexibility index (Phi) is 4.46. The Balaban J connectivity index is 2.13. The van der Waals surface area contributed by atoms with E-state index in [4.69, 9.17) is 5.11 Å². The summed E-state index contributed by atoms with van der Waals surface area (Å²) in [7, 11) is 1.82. The van der Waals surface area contributed by atoms with E-state index in [1.54, 1.807) is 17.0 Å². The third kappa shape index (κ3) is 3.94. The smallest absolute Gasteiger partial charge is 0.328 e. The van der Waals surface area contributed by atoms with E-state index in [1.165, 1.54) is 12.5 Å². The minimum atomic E-state index is -0.994. The lowest BCUT2D eigenvalue weighted by molar-refractivity contribution is -0.131. The van der Waals surface area contributed by atoms with Crippen LogP contribution in [0, 0.1) is 18.8 Å². The van der Waals surface area contributed by atoms with Gasteiger partial charge in [-0.25, -0.2) is 4.79 Å². The second kappa shape index (κ2) is 6.12. The van der Waals surface area contributed by atoms with E-state index in [2.05, 4.69) is 6.92 Å². The lowest BCUT2D eigenvalue weighted by Crippen LogP contribution is -2.29. The Morgan fingerprint density at radius 1 is 1.43 bits per heavy atom. The lowest BCUT2D eigenvalue weighted by atomic mass is 10.0. The van der Waals surface area contributed by atoms with Gasteiger partial charge in [-0.15, -0.1) is 0 Å². The molecule has 0 aliphatic heterocycles. The minimum absolute atomic E-state index is 0.0147. The topological polar surface area (TPSA) is 57.6 Å². The molecule has 2 atom stereocenters. The summed E-state index contributed by atoms with van der Waals surface area (Å²) in [5, 5.41) is 8.70.